The summed E-state index contributed by atoms with van der Waals surface area (Å²) < 4.78 is 3.01. The van der Waals surface area contributed by atoms with Crippen LogP contribution in [0.4, 0.5) is 0 Å². The zero-order chi connectivity index (χ0) is 12.5. The van der Waals surface area contributed by atoms with Crippen molar-refractivity contribution in [3.63, 3.8) is 0 Å². The topological polar surface area (TPSA) is 29.9 Å². The SMILES string of the molecule is Clc1cc(-n2cncc2C2CCCN2)ccc1Br. The molecule has 3 nitrogen and oxygen atoms in total. The van der Waals surface area contributed by atoms with Gasteiger partial charge in [-0.05, 0) is 53.5 Å². The molecular weight excluding hydrogens is 314 g/mol. The summed E-state index contributed by atoms with van der Waals surface area (Å²) in [4.78, 5) is 4.26. The predicted molar refractivity (Wildman–Crippen MR) is 76.3 cm³/mol. The van der Waals surface area contributed by atoms with Crippen LogP contribution < -0.4 is 5.32 Å². The van der Waals surface area contributed by atoms with Crippen molar-refractivity contribution in [2.75, 3.05) is 6.54 Å². The second-order valence-corrected chi connectivity index (χ2v) is 5.70. The number of halogens is 2. The molecule has 0 spiro atoms. The van der Waals surface area contributed by atoms with Crippen LogP contribution in [0.1, 0.15) is 24.6 Å². The quantitative estimate of drug-likeness (QED) is 0.911. The van der Waals surface area contributed by atoms with Crippen molar-refractivity contribution in [1.82, 2.24) is 14.9 Å². The normalized spacial score (nSPS) is 19.3. The lowest BCUT2D eigenvalue weighted by Crippen LogP contribution is -2.16. The molecule has 0 amide bonds. The van der Waals surface area contributed by atoms with E-state index in [0.717, 1.165) is 23.1 Å². The molecule has 0 aliphatic carbocycles. The molecule has 1 saturated heterocycles. The van der Waals surface area contributed by atoms with Crippen molar-refractivity contribution in [2.45, 2.75) is 18.9 Å². The van der Waals surface area contributed by atoms with Crippen LogP contribution in [0.3, 0.4) is 0 Å². The maximum Gasteiger partial charge on any atom is 0.0994 e. The molecule has 1 aromatic heterocycles. The molecule has 2 heterocycles. The standard InChI is InChI=1S/C13H13BrClN3/c14-10-4-3-9(6-11(10)15)18-8-16-7-13(18)12-2-1-5-17-12/h3-4,6-8,12,17H,1-2,5H2. The van der Waals surface area contributed by atoms with E-state index in [-0.39, 0.29) is 0 Å². The highest BCUT2D eigenvalue weighted by molar-refractivity contribution is 9.10. The third-order valence-electron chi connectivity index (χ3n) is 3.27. The van der Waals surface area contributed by atoms with Crippen LogP contribution in [-0.4, -0.2) is 16.1 Å². The molecule has 1 atom stereocenters. The van der Waals surface area contributed by atoms with E-state index in [1.165, 1.54) is 12.1 Å². The maximum absolute atomic E-state index is 6.15. The van der Waals surface area contributed by atoms with Gasteiger partial charge in [0.25, 0.3) is 0 Å². The summed E-state index contributed by atoms with van der Waals surface area (Å²) in [6.07, 6.45) is 6.15. The van der Waals surface area contributed by atoms with E-state index >= 15 is 0 Å². The molecule has 0 bridgehead atoms. The third-order valence-corrected chi connectivity index (χ3v) is 4.50. The lowest BCUT2D eigenvalue weighted by atomic mass is 10.1. The molecule has 3 rings (SSSR count). The molecule has 1 aliphatic rings. The average Bonchev–Trinajstić information content (AvgIpc) is 3.00. The molecule has 0 radical (unpaired) electrons. The molecule has 1 fully saturated rings. The van der Waals surface area contributed by atoms with Gasteiger partial charge in [-0.3, -0.25) is 0 Å². The first-order chi connectivity index (χ1) is 8.75. The molecule has 1 unspecified atom stereocenters. The molecule has 1 aromatic carbocycles. The number of nitrogens with one attached hydrogen (secondary N) is 1. The van der Waals surface area contributed by atoms with E-state index in [1.54, 1.807) is 0 Å². The highest BCUT2D eigenvalue weighted by Crippen LogP contribution is 2.28. The third kappa shape index (κ3) is 2.20. The number of benzene rings is 1. The van der Waals surface area contributed by atoms with Gasteiger partial charge in [0, 0.05) is 16.2 Å². The first-order valence-electron chi connectivity index (χ1n) is 5.97. The Bertz CT molecular complexity index is 561. The Morgan fingerprint density at radius 1 is 1.44 bits per heavy atom. The highest BCUT2D eigenvalue weighted by atomic mass is 79.9. The number of hydrogen-bond acceptors (Lipinski definition) is 2. The number of imidazole rings is 1. The fourth-order valence-electron chi connectivity index (χ4n) is 2.35. The van der Waals surface area contributed by atoms with Gasteiger partial charge in [0.2, 0.25) is 0 Å². The minimum absolute atomic E-state index is 0.398. The molecule has 94 valence electrons. The van der Waals surface area contributed by atoms with Crippen LogP contribution in [-0.2, 0) is 0 Å². The highest BCUT2D eigenvalue weighted by Gasteiger charge is 2.20. The Kier molecular flexibility index (Phi) is 3.41. The van der Waals surface area contributed by atoms with Gasteiger partial charge < -0.3 is 9.88 Å². The number of aromatic nitrogens is 2. The summed E-state index contributed by atoms with van der Waals surface area (Å²) in [7, 11) is 0. The minimum atomic E-state index is 0.398. The molecular formula is C13H13BrClN3. The van der Waals surface area contributed by atoms with Crippen LogP contribution >= 0.6 is 27.5 Å². The minimum Gasteiger partial charge on any atom is -0.309 e. The fourth-order valence-corrected chi connectivity index (χ4v) is 2.77. The lowest BCUT2D eigenvalue weighted by molar-refractivity contribution is 0.615. The Morgan fingerprint density at radius 3 is 3.06 bits per heavy atom. The fraction of sp³-hybridized carbons (Fsp3) is 0.308. The Balaban J connectivity index is 2.00. The first-order valence-corrected chi connectivity index (χ1v) is 7.14. The van der Waals surface area contributed by atoms with Crippen molar-refractivity contribution in [1.29, 1.82) is 0 Å². The van der Waals surface area contributed by atoms with Crippen LogP contribution in [0.2, 0.25) is 5.02 Å². The van der Waals surface area contributed by atoms with E-state index in [2.05, 4.69) is 30.8 Å². The monoisotopic (exact) mass is 325 g/mol. The number of hydrogen-bond donors (Lipinski definition) is 1. The van der Waals surface area contributed by atoms with Gasteiger partial charge in [-0.2, -0.15) is 0 Å². The summed E-state index contributed by atoms with van der Waals surface area (Å²) in [5.41, 5.74) is 2.25. The smallest absolute Gasteiger partial charge is 0.0994 e. The molecule has 2 aromatic rings. The van der Waals surface area contributed by atoms with Gasteiger partial charge in [-0.1, -0.05) is 11.6 Å². The van der Waals surface area contributed by atoms with E-state index in [9.17, 15) is 0 Å². The van der Waals surface area contributed by atoms with E-state index < -0.39 is 0 Å². The second kappa shape index (κ2) is 5.03. The lowest BCUT2D eigenvalue weighted by Gasteiger charge is -2.14. The Hall–Kier alpha value is -0.840. The zero-order valence-corrected chi connectivity index (χ0v) is 12.1. The van der Waals surface area contributed by atoms with Crippen molar-refractivity contribution >= 4 is 27.5 Å². The van der Waals surface area contributed by atoms with Gasteiger partial charge in [-0.15, -0.1) is 0 Å². The van der Waals surface area contributed by atoms with E-state index in [0.29, 0.717) is 11.1 Å². The van der Waals surface area contributed by atoms with Crippen molar-refractivity contribution in [3.05, 3.63) is 45.9 Å². The van der Waals surface area contributed by atoms with Gasteiger partial charge in [-0.25, -0.2) is 4.98 Å². The second-order valence-electron chi connectivity index (χ2n) is 4.44. The van der Waals surface area contributed by atoms with Gasteiger partial charge >= 0.3 is 0 Å². The van der Waals surface area contributed by atoms with Gasteiger partial charge in [0.15, 0.2) is 0 Å². The average molecular weight is 327 g/mol. The molecule has 1 N–H and O–H groups in total. The van der Waals surface area contributed by atoms with E-state index in [1.807, 2.05) is 30.7 Å². The van der Waals surface area contributed by atoms with E-state index in [4.69, 9.17) is 11.6 Å². The van der Waals surface area contributed by atoms with Gasteiger partial charge in [0.05, 0.1) is 23.2 Å². The zero-order valence-electron chi connectivity index (χ0n) is 9.74. The van der Waals surface area contributed by atoms with Crippen molar-refractivity contribution in [2.24, 2.45) is 0 Å². The summed E-state index contributed by atoms with van der Waals surface area (Å²) in [6, 6.07) is 6.35. The van der Waals surface area contributed by atoms with Crippen LogP contribution in [0, 0.1) is 0 Å². The summed E-state index contributed by atoms with van der Waals surface area (Å²) in [6.45, 7) is 1.08. The number of rotatable bonds is 2. The largest absolute Gasteiger partial charge is 0.309 e. The molecule has 0 saturated carbocycles. The Labute approximate surface area is 119 Å². The molecule has 1 aliphatic heterocycles. The molecule has 18 heavy (non-hydrogen) atoms. The summed E-state index contributed by atoms with van der Waals surface area (Å²) >= 11 is 9.55. The van der Waals surface area contributed by atoms with Crippen molar-refractivity contribution < 1.29 is 0 Å². The summed E-state index contributed by atoms with van der Waals surface area (Å²) in [5.74, 6) is 0. The van der Waals surface area contributed by atoms with Crippen LogP contribution in [0.15, 0.2) is 35.2 Å². The Morgan fingerprint density at radius 2 is 2.33 bits per heavy atom. The van der Waals surface area contributed by atoms with Crippen LogP contribution in [0.25, 0.3) is 5.69 Å². The molecule has 5 heteroatoms. The summed E-state index contributed by atoms with van der Waals surface area (Å²) in [5, 5.41) is 4.21. The van der Waals surface area contributed by atoms with Crippen LogP contribution in [0.5, 0.6) is 0 Å². The predicted octanol–water partition coefficient (Wildman–Crippen LogP) is 3.71. The van der Waals surface area contributed by atoms with Gasteiger partial charge in [0.1, 0.15) is 0 Å². The maximum atomic E-state index is 6.15. The van der Waals surface area contributed by atoms with Crippen molar-refractivity contribution in [3.8, 4) is 5.69 Å². The number of nitrogens with zero attached hydrogens (tertiary/aromatic N) is 2. The first kappa shape index (κ1) is 12.2.